The molecule has 1 saturated heterocycles. The highest BCUT2D eigenvalue weighted by molar-refractivity contribution is 6.04. The lowest BCUT2D eigenvalue weighted by atomic mass is 10.1. The fourth-order valence-electron chi connectivity index (χ4n) is 2.22. The lowest BCUT2D eigenvalue weighted by Gasteiger charge is -2.35. The van der Waals surface area contributed by atoms with Crippen LogP contribution in [0.1, 0.15) is 18.9 Å². The van der Waals surface area contributed by atoms with Crippen molar-refractivity contribution < 1.29 is 9.59 Å². The Labute approximate surface area is 110 Å². The zero-order valence-electron chi connectivity index (χ0n) is 10.5. The van der Waals surface area contributed by atoms with Crippen LogP contribution in [0.4, 0.5) is 11.4 Å². The minimum absolute atomic E-state index is 0.0584. The number of nitrogens with two attached hydrogens (primary N) is 1. The first-order chi connectivity index (χ1) is 9.06. The van der Waals surface area contributed by atoms with E-state index in [0.717, 1.165) is 0 Å². The number of carbonyl (C=O) groups excluding carboxylic acids is 2. The fraction of sp³-hybridized carbons (Fsp3) is 0.308. The Morgan fingerprint density at radius 2 is 2.26 bits per heavy atom. The molecule has 6 nitrogen and oxygen atoms in total. The van der Waals surface area contributed by atoms with Gasteiger partial charge in [0.1, 0.15) is 12.1 Å². The third-order valence-electron chi connectivity index (χ3n) is 3.09. The molecule has 0 radical (unpaired) electrons. The van der Waals surface area contributed by atoms with Crippen LogP contribution in [0.15, 0.2) is 18.2 Å². The average molecular weight is 258 g/mol. The molecule has 1 aromatic carbocycles. The summed E-state index contributed by atoms with van der Waals surface area (Å²) in [6.45, 7) is 1.92. The fourth-order valence-corrected chi connectivity index (χ4v) is 2.22. The van der Waals surface area contributed by atoms with E-state index in [1.165, 1.54) is 0 Å². The number of nitrogens with one attached hydrogen (secondary N) is 1. The van der Waals surface area contributed by atoms with Crippen LogP contribution in [0.2, 0.25) is 0 Å². The number of nitrogens with zero attached hydrogens (tertiary/aromatic N) is 2. The Morgan fingerprint density at radius 1 is 1.53 bits per heavy atom. The third kappa shape index (κ3) is 2.36. The summed E-state index contributed by atoms with van der Waals surface area (Å²) in [5.41, 5.74) is 7.04. The molecule has 2 amide bonds. The molecule has 3 N–H and O–H groups in total. The molecule has 1 aliphatic heterocycles. The van der Waals surface area contributed by atoms with E-state index in [4.69, 9.17) is 11.0 Å². The standard InChI is InChI=1S/C13H14N4O2/c1-2-10-13(19)16-12(18)7-17(10)11-4-3-9(15)5-8(11)6-14/h3-5,10H,2,7,15H2,1H3,(H,16,18,19). The molecule has 1 unspecified atom stereocenters. The molecule has 98 valence electrons. The molecule has 1 heterocycles. The van der Waals surface area contributed by atoms with Crippen molar-refractivity contribution in [2.24, 2.45) is 0 Å². The molecule has 1 aliphatic rings. The summed E-state index contributed by atoms with van der Waals surface area (Å²) < 4.78 is 0. The monoisotopic (exact) mass is 258 g/mol. The quantitative estimate of drug-likeness (QED) is 0.590. The molecule has 0 bridgehead atoms. The molecular formula is C13H14N4O2. The number of amides is 2. The maximum Gasteiger partial charge on any atom is 0.249 e. The van der Waals surface area contributed by atoms with E-state index < -0.39 is 6.04 Å². The van der Waals surface area contributed by atoms with Crippen LogP contribution in [-0.4, -0.2) is 24.4 Å². The van der Waals surface area contributed by atoms with E-state index in [-0.39, 0.29) is 18.4 Å². The molecule has 0 saturated carbocycles. The summed E-state index contributed by atoms with van der Waals surface area (Å²) in [6.07, 6.45) is 0.550. The first kappa shape index (κ1) is 12.9. The van der Waals surface area contributed by atoms with E-state index in [1.807, 2.05) is 13.0 Å². The number of benzene rings is 1. The normalized spacial score (nSPS) is 18.9. The Morgan fingerprint density at radius 3 is 2.89 bits per heavy atom. The van der Waals surface area contributed by atoms with E-state index in [2.05, 4.69) is 5.32 Å². The largest absolute Gasteiger partial charge is 0.399 e. The van der Waals surface area contributed by atoms with Gasteiger partial charge in [0.2, 0.25) is 11.8 Å². The van der Waals surface area contributed by atoms with Crippen molar-refractivity contribution in [1.29, 1.82) is 5.26 Å². The number of imide groups is 1. The van der Waals surface area contributed by atoms with E-state index >= 15 is 0 Å². The molecule has 1 fully saturated rings. The first-order valence-corrected chi connectivity index (χ1v) is 5.96. The van der Waals surface area contributed by atoms with Gasteiger partial charge in [-0.2, -0.15) is 5.26 Å². The zero-order chi connectivity index (χ0) is 14.0. The van der Waals surface area contributed by atoms with Crippen LogP contribution in [0.5, 0.6) is 0 Å². The van der Waals surface area contributed by atoms with E-state index in [1.54, 1.807) is 23.1 Å². The summed E-state index contributed by atoms with van der Waals surface area (Å²) in [5, 5.41) is 11.4. The number of rotatable bonds is 2. The van der Waals surface area contributed by atoms with Crippen molar-refractivity contribution in [2.75, 3.05) is 17.2 Å². The summed E-state index contributed by atoms with van der Waals surface area (Å²) in [6, 6.07) is 6.46. The Bertz CT molecular complexity index is 576. The molecular weight excluding hydrogens is 244 g/mol. The lowest BCUT2D eigenvalue weighted by Crippen LogP contribution is -2.58. The Hall–Kier alpha value is -2.55. The van der Waals surface area contributed by atoms with Gasteiger partial charge in [-0.3, -0.25) is 14.9 Å². The van der Waals surface area contributed by atoms with Crippen molar-refractivity contribution in [3.8, 4) is 6.07 Å². The maximum absolute atomic E-state index is 11.8. The van der Waals surface area contributed by atoms with Gasteiger partial charge in [-0.1, -0.05) is 6.92 Å². The summed E-state index contributed by atoms with van der Waals surface area (Å²) >= 11 is 0. The second-order valence-corrected chi connectivity index (χ2v) is 4.35. The zero-order valence-corrected chi connectivity index (χ0v) is 10.5. The van der Waals surface area contributed by atoms with Crippen molar-refractivity contribution in [2.45, 2.75) is 19.4 Å². The third-order valence-corrected chi connectivity index (χ3v) is 3.09. The van der Waals surface area contributed by atoms with Crippen molar-refractivity contribution in [1.82, 2.24) is 5.32 Å². The number of anilines is 2. The molecule has 19 heavy (non-hydrogen) atoms. The van der Waals surface area contributed by atoms with Crippen LogP contribution >= 0.6 is 0 Å². The topological polar surface area (TPSA) is 99.2 Å². The highest BCUT2D eigenvalue weighted by Crippen LogP contribution is 2.26. The van der Waals surface area contributed by atoms with Crippen LogP contribution in [0, 0.1) is 11.3 Å². The lowest BCUT2D eigenvalue weighted by molar-refractivity contribution is -0.132. The number of carbonyl (C=O) groups is 2. The van der Waals surface area contributed by atoms with Crippen molar-refractivity contribution in [3.05, 3.63) is 23.8 Å². The molecule has 0 aliphatic carbocycles. The predicted octanol–water partition coefficient (Wildman–Crippen LogP) is 0.382. The maximum atomic E-state index is 11.8. The average Bonchev–Trinajstić information content (AvgIpc) is 2.37. The van der Waals surface area contributed by atoms with Gasteiger partial charge in [0.15, 0.2) is 0 Å². The van der Waals surface area contributed by atoms with E-state index in [0.29, 0.717) is 23.4 Å². The second-order valence-electron chi connectivity index (χ2n) is 4.35. The molecule has 1 atom stereocenters. The van der Waals surface area contributed by atoms with Crippen molar-refractivity contribution in [3.63, 3.8) is 0 Å². The molecule has 0 aromatic heterocycles. The van der Waals surface area contributed by atoms with Crippen LogP contribution in [0.3, 0.4) is 0 Å². The number of nitrogen functional groups attached to an aromatic ring is 1. The summed E-state index contributed by atoms with van der Waals surface area (Å²) in [5.74, 6) is -0.699. The van der Waals surface area contributed by atoms with Gasteiger partial charge in [0, 0.05) is 5.69 Å². The minimum atomic E-state index is -0.451. The number of hydrogen-bond donors (Lipinski definition) is 2. The Balaban J connectivity index is 2.46. The minimum Gasteiger partial charge on any atom is -0.399 e. The number of hydrogen-bond acceptors (Lipinski definition) is 5. The van der Waals surface area contributed by atoms with Crippen molar-refractivity contribution >= 4 is 23.2 Å². The van der Waals surface area contributed by atoms with Gasteiger partial charge in [-0.25, -0.2) is 0 Å². The van der Waals surface area contributed by atoms with E-state index in [9.17, 15) is 9.59 Å². The number of nitriles is 1. The van der Waals surface area contributed by atoms with Crippen LogP contribution < -0.4 is 16.0 Å². The number of piperazine rings is 1. The SMILES string of the molecule is CCC1C(=O)NC(=O)CN1c1ccc(N)cc1C#N. The highest BCUT2D eigenvalue weighted by atomic mass is 16.2. The van der Waals surface area contributed by atoms with Crippen LogP contribution in [-0.2, 0) is 9.59 Å². The van der Waals surface area contributed by atoms with Gasteiger partial charge in [0.25, 0.3) is 0 Å². The van der Waals surface area contributed by atoms with Gasteiger partial charge < -0.3 is 10.6 Å². The summed E-state index contributed by atoms with van der Waals surface area (Å²) in [4.78, 5) is 25.0. The second kappa shape index (κ2) is 4.98. The molecule has 1 aromatic rings. The molecule has 0 spiro atoms. The smallest absolute Gasteiger partial charge is 0.249 e. The first-order valence-electron chi connectivity index (χ1n) is 5.96. The predicted molar refractivity (Wildman–Crippen MR) is 70.1 cm³/mol. The van der Waals surface area contributed by atoms with Gasteiger partial charge >= 0.3 is 0 Å². The Kier molecular flexibility index (Phi) is 3.38. The van der Waals surface area contributed by atoms with Gasteiger partial charge in [-0.15, -0.1) is 0 Å². The van der Waals surface area contributed by atoms with Gasteiger partial charge in [0.05, 0.1) is 17.8 Å². The van der Waals surface area contributed by atoms with Gasteiger partial charge in [-0.05, 0) is 24.6 Å². The summed E-state index contributed by atoms with van der Waals surface area (Å²) in [7, 11) is 0. The molecule has 6 heteroatoms. The highest BCUT2D eigenvalue weighted by Gasteiger charge is 2.33. The molecule has 2 rings (SSSR count). The van der Waals surface area contributed by atoms with Crippen LogP contribution in [0.25, 0.3) is 0 Å².